The van der Waals surface area contributed by atoms with Crippen molar-refractivity contribution >= 4 is 40.7 Å². The Morgan fingerprint density at radius 1 is 0.806 bits per heavy atom. The number of amides is 2. The second-order valence-electron chi connectivity index (χ2n) is 7.40. The van der Waals surface area contributed by atoms with Gasteiger partial charge >= 0.3 is 0 Å². The van der Waals surface area contributed by atoms with Crippen LogP contribution in [0.3, 0.4) is 0 Å². The monoisotopic (exact) mass is 455 g/mol. The van der Waals surface area contributed by atoms with Gasteiger partial charge < -0.3 is 15.5 Å². The number of carbonyl (C=O) groups is 2. The summed E-state index contributed by atoms with van der Waals surface area (Å²) in [5, 5.41) is 6.44. The van der Waals surface area contributed by atoms with E-state index in [4.69, 9.17) is 23.2 Å². The lowest BCUT2D eigenvalue weighted by molar-refractivity contribution is 0.0950. The molecule has 0 atom stereocenters. The Balaban J connectivity index is 1.60. The smallest absolute Gasteiger partial charge is 0.255 e. The van der Waals surface area contributed by atoms with Crippen LogP contribution in [0, 0.1) is 0 Å². The quantitative estimate of drug-likeness (QED) is 0.512. The molecule has 5 nitrogen and oxygen atoms in total. The molecule has 3 rings (SSSR count). The van der Waals surface area contributed by atoms with Gasteiger partial charge in [0.25, 0.3) is 11.8 Å². The number of hydrogen-bond acceptors (Lipinski definition) is 3. The maximum Gasteiger partial charge on any atom is 0.255 e. The maximum atomic E-state index is 12.6. The van der Waals surface area contributed by atoms with Gasteiger partial charge in [0.2, 0.25) is 0 Å². The lowest BCUT2D eigenvalue weighted by Gasteiger charge is -2.11. The average molecular weight is 456 g/mol. The van der Waals surface area contributed by atoms with E-state index in [2.05, 4.69) is 15.5 Å². The van der Waals surface area contributed by atoms with Crippen LogP contribution in [0.4, 0.5) is 5.69 Å². The molecule has 3 aromatic rings. The van der Waals surface area contributed by atoms with E-state index in [1.165, 1.54) is 11.6 Å². The first-order chi connectivity index (χ1) is 14.8. The van der Waals surface area contributed by atoms with Crippen molar-refractivity contribution in [1.82, 2.24) is 10.2 Å². The molecule has 0 saturated carbocycles. The van der Waals surface area contributed by atoms with E-state index in [9.17, 15) is 9.59 Å². The van der Waals surface area contributed by atoms with Crippen LogP contribution in [0.1, 0.15) is 31.8 Å². The predicted molar refractivity (Wildman–Crippen MR) is 126 cm³/mol. The van der Waals surface area contributed by atoms with E-state index < -0.39 is 0 Å². The highest BCUT2D eigenvalue weighted by Crippen LogP contribution is 2.22. The number of anilines is 1. The van der Waals surface area contributed by atoms with Crippen molar-refractivity contribution in [2.75, 3.05) is 19.4 Å². The summed E-state index contributed by atoms with van der Waals surface area (Å²) in [5.74, 6) is -0.482. The van der Waals surface area contributed by atoms with Gasteiger partial charge in [-0.25, -0.2) is 0 Å². The summed E-state index contributed by atoms with van der Waals surface area (Å²) in [6.45, 7) is 1.11. The van der Waals surface area contributed by atoms with Crippen molar-refractivity contribution in [3.8, 4) is 0 Å². The molecule has 0 aliphatic rings. The van der Waals surface area contributed by atoms with Gasteiger partial charge in [0, 0.05) is 29.9 Å². The van der Waals surface area contributed by atoms with Crippen LogP contribution in [0.15, 0.2) is 66.7 Å². The van der Waals surface area contributed by atoms with Crippen LogP contribution in [0.2, 0.25) is 10.0 Å². The molecule has 0 saturated heterocycles. The zero-order valence-corrected chi connectivity index (χ0v) is 18.8. The molecule has 0 aliphatic carbocycles. The van der Waals surface area contributed by atoms with E-state index in [1.54, 1.807) is 30.3 Å². The fourth-order valence-electron chi connectivity index (χ4n) is 3.01. The van der Waals surface area contributed by atoms with Gasteiger partial charge in [0.05, 0.1) is 10.0 Å². The number of rotatable bonds is 7. The van der Waals surface area contributed by atoms with Gasteiger partial charge in [-0.3, -0.25) is 9.59 Å². The molecule has 7 heteroatoms. The first kappa shape index (κ1) is 22.8. The molecule has 160 valence electrons. The van der Waals surface area contributed by atoms with E-state index in [0.717, 1.165) is 17.8 Å². The lowest BCUT2D eigenvalue weighted by atomic mass is 10.1. The van der Waals surface area contributed by atoms with Gasteiger partial charge in [-0.2, -0.15) is 0 Å². The van der Waals surface area contributed by atoms with Crippen molar-refractivity contribution in [2.24, 2.45) is 0 Å². The molecule has 0 bridgehead atoms. The van der Waals surface area contributed by atoms with Gasteiger partial charge in [-0.1, -0.05) is 47.5 Å². The fourth-order valence-corrected chi connectivity index (χ4v) is 3.30. The van der Waals surface area contributed by atoms with Crippen LogP contribution in [-0.2, 0) is 13.1 Å². The van der Waals surface area contributed by atoms with Crippen LogP contribution in [0.25, 0.3) is 0 Å². The first-order valence-corrected chi connectivity index (χ1v) is 10.4. The van der Waals surface area contributed by atoms with E-state index in [1.807, 2.05) is 44.4 Å². The summed E-state index contributed by atoms with van der Waals surface area (Å²) in [7, 11) is 4.02. The van der Waals surface area contributed by atoms with Crippen molar-refractivity contribution in [3.63, 3.8) is 0 Å². The second kappa shape index (κ2) is 10.4. The van der Waals surface area contributed by atoms with Crippen molar-refractivity contribution in [3.05, 3.63) is 99.0 Å². The van der Waals surface area contributed by atoms with Crippen LogP contribution in [-0.4, -0.2) is 30.8 Å². The highest BCUT2D eigenvalue weighted by atomic mass is 35.5. The highest BCUT2D eigenvalue weighted by Gasteiger charge is 2.10. The minimum Gasteiger partial charge on any atom is -0.348 e. The third kappa shape index (κ3) is 6.56. The van der Waals surface area contributed by atoms with Crippen LogP contribution < -0.4 is 10.6 Å². The van der Waals surface area contributed by atoms with Crippen molar-refractivity contribution < 1.29 is 9.59 Å². The molecule has 0 heterocycles. The standard InChI is InChI=1S/C24H23Cl2N3O2/c1-29(2)15-16-6-9-20(10-7-16)28-24(31)18-5-3-4-17(12-18)14-27-23(30)19-8-11-21(25)22(26)13-19/h3-13H,14-15H2,1-2H3,(H,27,30)(H,28,31). The normalized spacial score (nSPS) is 10.7. The number of halogens is 2. The summed E-state index contributed by atoms with van der Waals surface area (Å²) >= 11 is 11.9. The SMILES string of the molecule is CN(C)Cc1ccc(NC(=O)c2cccc(CNC(=O)c3ccc(Cl)c(Cl)c3)c2)cc1. The predicted octanol–water partition coefficient (Wildman–Crippen LogP) is 5.24. The zero-order valence-electron chi connectivity index (χ0n) is 17.3. The first-order valence-electron chi connectivity index (χ1n) is 9.69. The van der Waals surface area contributed by atoms with Gasteiger partial charge in [0.1, 0.15) is 0 Å². The number of carbonyl (C=O) groups excluding carboxylic acids is 2. The minimum atomic E-state index is -0.272. The molecule has 3 aromatic carbocycles. The highest BCUT2D eigenvalue weighted by molar-refractivity contribution is 6.42. The third-order valence-electron chi connectivity index (χ3n) is 4.53. The zero-order chi connectivity index (χ0) is 22.4. The molecular weight excluding hydrogens is 433 g/mol. The summed E-state index contributed by atoms with van der Waals surface area (Å²) in [6.07, 6.45) is 0. The van der Waals surface area contributed by atoms with Gasteiger partial charge in [-0.15, -0.1) is 0 Å². The minimum absolute atomic E-state index is 0.210. The summed E-state index contributed by atoms with van der Waals surface area (Å²) in [5.41, 5.74) is 3.63. The summed E-state index contributed by atoms with van der Waals surface area (Å²) in [4.78, 5) is 27.0. The molecule has 2 N–H and O–H groups in total. The van der Waals surface area contributed by atoms with Gasteiger partial charge in [-0.05, 0) is 67.7 Å². The van der Waals surface area contributed by atoms with Crippen molar-refractivity contribution in [1.29, 1.82) is 0 Å². The second-order valence-corrected chi connectivity index (χ2v) is 8.22. The molecule has 2 amide bonds. The Morgan fingerprint density at radius 3 is 2.19 bits per heavy atom. The summed E-state index contributed by atoms with van der Waals surface area (Å²) in [6, 6.07) is 19.6. The number of nitrogens with zero attached hydrogens (tertiary/aromatic N) is 1. The molecule has 31 heavy (non-hydrogen) atoms. The Kier molecular flexibility index (Phi) is 7.69. The van der Waals surface area contributed by atoms with Crippen molar-refractivity contribution in [2.45, 2.75) is 13.1 Å². The Bertz CT molecular complexity index is 1080. The Morgan fingerprint density at radius 2 is 1.52 bits per heavy atom. The van der Waals surface area contributed by atoms with Crippen LogP contribution >= 0.6 is 23.2 Å². The molecule has 0 spiro atoms. The van der Waals surface area contributed by atoms with E-state index in [-0.39, 0.29) is 18.4 Å². The van der Waals surface area contributed by atoms with Crippen LogP contribution in [0.5, 0.6) is 0 Å². The lowest BCUT2D eigenvalue weighted by Crippen LogP contribution is -2.23. The van der Waals surface area contributed by atoms with E-state index >= 15 is 0 Å². The van der Waals surface area contributed by atoms with E-state index in [0.29, 0.717) is 21.2 Å². The number of benzene rings is 3. The average Bonchev–Trinajstić information content (AvgIpc) is 2.75. The Hall–Kier alpha value is -2.86. The molecular formula is C24H23Cl2N3O2. The Labute approximate surface area is 192 Å². The fraction of sp³-hybridized carbons (Fsp3) is 0.167. The number of nitrogens with one attached hydrogen (secondary N) is 2. The number of hydrogen-bond donors (Lipinski definition) is 2. The topological polar surface area (TPSA) is 61.4 Å². The maximum absolute atomic E-state index is 12.6. The largest absolute Gasteiger partial charge is 0.348 e. The van der Waals surface area contributed by atoms with Gasteiger partial charge in [0.15, 0.2) is 0 Å². The summed E-state index contributed by atoms with van der Waals surface area (Å²) < 4.78 is 0. The molecule has 0 fully saturated rings. The molecule has 0 aliphatic heterocycles. The molecule has 0 radical (unpaired) electrons. The third-order valence-corrected chi connectivity index (χ3v) is 5.27. The molecule has 0 aromatic heterocycles. The molecule has 0 unspecified atom stereocenters.